The van der Waals surface area contributed by atoms with E-state index in [0.29, 0.717) is 16.5 Å². The highest BCUT2D eigenvalue weighted by Crippen LogP contribution is 2.28. The number of primary amides is 1. The highest BCUT2D eigenvalue weighted by molar-refractivity contribution is 6.06. The summed E-state index contributed by atoms with van der Waals surface area (Å²) in [4.78, 5) is 28.5. The van der Waals surface area contributed by atoms with Crippen LogP contribution in [0.1, 0.15) is 10.5 Å². The second-order valence-electron chi connectivity index (χ2n) is 4.72. The molecule has 21 heavy (non-hydrogen) atoms. The van der Waals surface area contributed by atoms with E-state index in [9.17, 15) is 9.59 Å². The fourth-order valence-corrected chi connectivity index (χ4v) is 2.51. The molecule has 1 aromatic carbocycles. The molecule has 0 aliphatic rings. The minimum atomic E-state index is -0.652. The van der Waals surface area contributed by atoms with Crippen molar-refractivity contribution in [1.82, 2.24) is 9.55 Å². The summed E-state index contributed by atoms with van der Waals surface area (Å²) in [5.74, 6) is -0.652. The molecule has 5 nitrogen and oxygen atoms in total. The van der Waals surface area contributed by atoms with Crippen LogP contribution in [0, 0.1) is 0 Å². The maximum absolute atomic E-state index is 12.4. The van der Waals surface area contributed by atoms with E-state index >= 15 is 0 Å². The number of rotatable bonds is 2. The summed E-state index contributed by atoms with van der Waals surface area (Å²) in [7, 11) is 1.54. The zero-order valence-corrected chi connectivity index (χ0v) is 11.4. The van der Waals surface area contributed by atoms with Crippen molar-refractivity contribution in [2.45, 2.75) is 0 Å². The molecule has 2 N–H and O–H groups in total. The topological polar surface area (TPSA) is 78.0 Å². The van der Waals surface area contributed by atoms with Gasteiger partial charge in [-0.05, 0) is 17.7 Å². The van der Waals surface area contributed by atoms with E-state index in [2.05, 4.69) is 4.98 Å². The van der Waals surface area contributed by atoms with Crippen molar-refractivity contribution in [2.75, 3.05) is 0 Å². The van der Waals surface area contributed by atoms with Gasteiger partial charge in [0, 0.05) is 18.8 Å². The van der Waals surface area contributed by atoms with Gasteiger partial charge in [0.2, 0.25) is 0 Å². The molecule has 0 aliphatic carbocycles. The number of fused-ring (bicyclic) bond motifs is 1. The van der Waals surface area contributed by atoms with Gasteiger partial charge in [0.05, 0.1) is 10.9 Å². The molecule has 3 aromatic rings. The summed E-state index contributed by atoms with van der Waals surface area (Å²) >= 11 is 0. The fourth-order valence-electron chi connectivity index (χ4n) is 2.51. The summed E-state index contributed by atoms with van der Waals surface area (Å²) in [6.45, 7) is 0. The standard InChI is InChI=1S/C16H13N3O2/c1-19-14(15(17)20)12(10-6-3-2-4-7-10)13-11(16(19)21)8-5-9-18-13/h2-9H,1H3,(H2,17,20). The van der Waals surface area contributed by atoms with Crippen LogP contribution in [0.3, 0.4) is 0 Å². The van der Waals surface area contributed by atoms with Gasteiger partial charge in [0.25, 0.3) is 11.5 Å². The number of aromatic nitrogens is 2. The van der Waals surface area contributed by atoms with E-state index < -0.39 is 5.91 Å². The first kappa shape index (κ1) is 13.1. The molecule has 3 rings (SSSR count). The molecule has 0 radical (unpaired) electrons. The first-order chi connectivity index (χ1) is 10.1. The van der Waals surface area contributed by atoms with Crippen LogP contribution in [-0.4, -0.2) is 15.5 Å². The number of pyridine rings is 2. The lowest BCUT2D eigenvalue weighted by Gasteiger charge is -2.14. The first-order valence-electron chi connectivity index (χ1n) is 6.44. The highest BCUT2D eigenvalue weighted by Gasteiger charge is 2.20. The molecule has 5 heteroatoms. The number of amides is 1. The average molecular weight is 279 g/mol. The maximum atomic E-state index is 12.4. The van der Waals surface area contributed by atoms with Gasteiger partial charge in [-0.3, -0.25) is 14.6 Å². The van der Waals surface area contributed by atoms with Crippen LogP contribution in [-0.2, 0) is 7.05 Å². The van der Waals surface area contributed by atoms with Crippen LogP contribution in [0.25, 0.3) is 22.0 Å². The lowest BCUT2D eigenvalue weighted by Crippen LogP contribution is -2.28. The lowest BCUT2D eigenvalue weighted by molar-refractivity contribution is 0.0992. The number of hydrogen-bond acceptors (Lipinski definition) is 3. The molecule has 0 bridgehead atoms. The van der Waals surface area contributed by atoms with Crippen LogP contribution in [0.15, 0.2) is 53.5 Å². The van der Waals surface area contributed by atoms with Crippen molar-refractivity contribution in [3.63, 3.8) is 0 Å². The van der Waals surface area contributed by atoms with Gasteiger partial charge in [-0.25, -0.2) is 0 Å². The Bertz CT molecular complexity index is 899. The van der Waals surface area contributed by atoms with Gasteiger partial charge in [-0.2, -0.15) is 0 Å². The predicted molar refractivity (Wildman–Crippen MR) is 80.9 cm³/mol. The van der Waals surface area contributed by atoms with Crippen LogP contribution in [0.5, 0.6) is 0 Å². The third-order valence-corrected chi connectivity index (χ3v) is 3.45. The highest BCUT2D eigenvalue weighted by atomic mass is 16.2. The third-order valence-electron chi connectivity index (χ3n) is 3.45. The zero-order valence-electron chi connectivity index (χ0n) is 11.4. The van der Waals surface area contributed by atoms with Crippen molar-refractivity contribution in [2.24, 2.45) is 12.8 Å². The smallest absolute Gasteiger partial charge is 0.266 e. The first-order valence-corrected chi connectivity index (χ1v) is 6.44. The van der Waals surface area contributed by atoms with E-state index in [1.807, 2.05) is 30.3 Å². The molecule has 1 amide bonds. The molecule has 104 valence electrons. The van der Waals surface area contributed by atoms with Crippen molar-refractivity contribution >= 4 is 16.8 Å². The zero-order chi connectivity index (χ0) is 15.0. The largest absolute Gasteiger partial charge is 0.364 e. The minimum absolute atomic E-state index is 0.164. The quantitative estimate of drug-likeness (QED) is 0.775. The molecule has 0 aliphatic heterocycles. The summed E-state index contributed by atoms with van der Waals surface area (Å²) < 4.78 is 1.29. The molecule has 0 spiro atoms. The van der Waals surface area contributed by atoms with E-state index in [-0.39, 0.29) is 11.3 Å². The average Bonchev–Trinajstić information content (AvgIpc) is 2.51. The van der Waals surface area contributed by atoms with Crippen LogP contribution >= 0.6 is 0 Å². The molecule has 0 unspecified atom stereocenters. The Hall–Kier alpha value is -2.95. The molecular formula is C16H13N3O2. The third kappa shape index (κ3) is 1.99. The van der Waals surface area contributed by atoms with Gasteiger partial charge in [-0.15, -0.1) is 0 Å². The molecule has 0 saturated carbocycles. The van der Waals surface area contributed by atoms with Gasteiger partial charge in [0.15, 0.2) is 0 Å². The molecule has 0 fully saturated rings. The maximum Gasteiger partial charge on any atom is 0.266 e. The number of nitrogens with two attached hydrogens (primary N) is 1. The Morgan fingerprint density at radius 1 is 1.14 bits per heavy atom. The Kier molecular flexibility index (Phi) is 3.02. The molecule has 2 heterocycles. The summed E-state index contributed by atoms with van der Waals surface area (Å²) in [6.07, 6.45) is 1.60. The molecule has 0 atom stereocenters. The van der Waals surface area contributed by atoms with E-state index in [1.165, 1.54) is 4.57 Å². The van der Waals surface area contributed by atoms with Crippen LogP contribution < -0.4 is 11.3 Å². The Morgan fingerprint density at radius 2 is 1.86 bits per heavy atom. The van der Waals surface area contributed by atoms with E-state index in [4.69, 9.17) is 5.73 Å². The second kappa shape index (κ2) is 4.86. The predicted octanol–water partition coefficient (Wildman–Crippen LogP) is 1.70. The van der Waals surface area contributed by atoms with Crippen LogP contribution in [0.4, 0.5) is 0 Å². The monoisotopic (exact) mass is 279 g/mol. The Morgan fingerprint density at radius 3 is 2.52 bits per heavy atom. The SMILES string of the molecule is Cn1c(C(N)=O)c(-c2ccccc2)c2ncccc2c1=O. The number of benzene rings is 1. The lowest BCUT2D eigenvalue weighted by atomic mass is 10.00. The van der Waals surface area contributed by atoms with Gasteiger partial charge in [-0.1, -0.05) is 30.3 Å². The van der Waals surface area contributed by atoms with Crippen LogP contribution in [0.2, 0.25) is 0 Å². The summed E-state index contributed by atoms with van der Waals surface area (Å²) in [6, 6.07) is 12.7. The van der Waals surface area contributed by atoms with Crippen molar-refractivity contribution < 1.29 is 4.79 Å². The number of carbonyl (C=O) groups is 1. The molecule has 2 aromatic heterocycles. The summed E-state index contributed by atoms with van der Waals surface area (Å²) in [5, 5.41) is 0.462. The van der Waals surface area contributed by atoms with Gasteiger partial charge >= 0.3 is 0 Å². The van der Waals surface area contributed by atoms with Crippen molar-refractivity contribution in [3.8, 4) is 11.1 Å². The number of carbonyl (C=O) groups excluding carboxylic acids is 1. The van der Waals surface area contributed by atoms with Crippen molar-refractivity contribution in [1.29, 1.82) is 0 Å². The normalized spacial score (nSPS) is 10.7. The van der Waals surface area contributed by atoms with Crippen molar-refractivity contribution in [3.05, 3.63) is 64.7 Å². The van der Waals surface area contributed by atoms with E-state index in [1.54, 1.807) is 25.4 Å². The Labute approximate surface area is 120 Å². The fraction of sp³-hybridized carbons (Fsp3) is 0.0625. The number of hydrogen-bond donors (Lipinski definition) is 1. The Balaban J connectivity index is 2.57. The second-order valence-corrected chi connectivity index (χ2v) is 4.72. The number of nitrogens with zero attached hydrogens (tertiary/aromatic N) is 2. The van der Waals surface area contributed by atoms with E-state index in [0.717, 1.165) is 5.56 Å². The molecular weight excluding hydrogens is 266 g/mol. The minimum Gasteiger partial charge on any atom is -0.364 e. The van der Waals surface area contributed by atoms with Gasteiger partial charge < -0.3 is 10.3 Å². The molecule has 0 saturated heterocycles. The van der Waals surface area contributed by atoms with Gasteiger partial charge in [0.1, 0.15) is 5.69 Å². The summed E-state index contributed by atoms with van der Waals surface area (Å²) in [5.41, 5.74) is 7.23.